The molecule has 0 aromatic heterocycles. The third kappa shape index (κ3) is 4.51. The van der Waals surface area contributed by atoms with Crippen LogP contribution in [0.15, 0.2) is 66.7 Å². The number of aliphatic hydroxyl groups is 1. The predicted octanol–water partition coefficient (Wildman–Crippen LogP) is 3.01. The van der Waals surface area contributed by atoms with Gasteiger partial charge in [0.15, 0.2) is 5.69 Å². The van der Waals surface area contributed by atoms with Gasteiger partial charge >= 0.3 is 0 Å². The van der Waals surface area contributed by atoms with Gasteiger partial charge in [0.25, 0.3) is 11.8 Å². The molecule has 4 N–H and O–H groups in total. The average molecular weight is 388 g/mol. The van der Waals surface area contributed by atoms with Crippen LogP contribution in [0.2, 0.25) is 0 Å². The number of carbonyl (C=O) groups excluding carboxylic acids is 2. The van der Waals surface area contributed by atoms with Crippen LogP contribution in [-0.4, -0.2) is 29.1 Å². The van der Waals surface area contributed by atoms with Gasteiger partial charge in [-0.3, -0.25) is 20.4 Å². The Balaban J connectivity index is 1.77. The van der Waals surface area contributed by atoms with E-state index in [4.69, 9.17) is 6.57 Å². The van der Waals surface area contributed by atoms with E-state index in [9.17, 15) is 14.7 Å². The van der Waals surface area contributed by atoms with E-state index in [2.05, 4.69) is 21.0 Å². The molecule has 0 bridgehead atoms. The van der Waals surface area contributed by atoms with Crippen LogP contribution in [0.3, 0.4) is 0 Å². The molecule has 146 valence electrons. The maximum absolute atomic E-state index is 12.6. The number of hydrazine groups is 1. The first-order valence-corrected chi connectivity index (χ1v) is 9.00. The van der Waals surface area contributed by atoms with Gasteiger partial charge in [0.1, 0.15) is 6.04 Å². The van der Waals surface area contributed by atoms with Crippen molar-refractivity contribution in [2.45, 2.75) is 19.1 Å². The standard InChI is InChI=1S/C22H20N4O3/c1-14(27)20(22(29)26-25-21(28)15-8-4-3-5-9-15)24-19-13-12-18(23-2)16-10-6-7-11-17(16)19/h3-14,20,24,27H,1H3,(H,25,28)(H,26,29)/t14-,20+/m0/s1. The fraction of sp³-hybridized carbons (Fsp3) is 0.136. The van der Waals surface area contributed by atoms with Crippen LogP contribution in [0.25, 0.3) is 15.6 Å². The molecule has 0 aliphatic carbocycles. The molecule has 3 rings (SSSR count). The maximum Gasteiger partial charge on any atom is 0.269 e. The lowest BCUT2D eigenvalue weighted by molar-refractivity contribution is -0.124. The third-order valence-electron chi connectivity index (χ3n) is 4.43. The monoisotopic (exact) mass is 388 g/mol. The number of aliphatic hydroxyl groups excluding tert-OH is 1. The molecule has 7 heteroatoms. The van der Waals surface area contributed by atoms with E-state index < -0.39 is 24.0 Å². The minimum absolute atomic E-state index is 0.398. The first kappa shape index (κ1) is 19.9. The lowest BCUT2D eigenvalue weighted by Gasteiger charge is -2.23. The minimum atomic E-state index is -1.04. The Morgan fingerprint density at radius 2 is 1.59 bits per heavy atom. The number of anilines is 1. The smallest absolute Gasteiger partial charge is 0.269 e. The van der Waals surface area contributed by atoms with Crippen molar-refractivity contribution in [3.63, 3.8) is 0 Å². The van der Waals surface area contributed by atoms with E-state index in [1.54, 1.807) is 42.5 Å². The highest BCUT2D eigenvalue weighted by Crippen LogP contribution is 2.32. The van der Waals surface area contributed by atoms with E-state index >= 15 is 0 Å². The van der Waals surface area contributed by atoms with Crippen LogP contribution >= 0.6 is 0 Å². The largest absolute Gasteiger partial charge is 0.391 e. The van der Waals surface area contributed by atoms with E-state index in [-0.39, 0.29) is 0 Å². The minimum Gasteiger partial charge on any atom is -0.391 e. The zero-order valence-corrected chi connectivity index (χ0v) is 15.7. The number of nitrogens with zero attached hydrogens (tertiary/aromatic N) is 1. The van der Waals surface area contributed by atoms with E-state index in [1.807, 2.05) is 24.3 Å². The number of rotatable bonds is 5. The van der Waals surface area contributed by atoms with Crippen LogP contribution in [0.1, 0.15) is 17.3 Å². The summed E-state index contributed by atoms with van der Waals surface area (Å²) in [6, 6.07) is 18.1. The van der Waals surface area contributed by atoms with Crippen molar-refractivity contribution in [2.75, 3.05) is 5.32 Å². The second-order valence-electron chi connectivity index (χ2n) is 6.46. The molecule has 0 saturated carbocycles. The fourth-order valence-corrected chi connectivity index (χ4v) is 2.94. The number of nitrogens with one attached hydrogen (secondary N) is 3. The highest BCUT2D eigenvalue weighted by Gasteiger charge is 2.25. The molecule has 2 amide bonds. The molecule has 0 radical (unpaired) electrons. The summed E-state index contributed by atoms with van der Waals surface area (Å²) in [7, 11) is 0. The second kappa shape index (κ2) is 8.87. The number of hydrogen-bond acceptors (Lipinski definition) is 4. The van der Waals surface area contributed by atoms with Gasteiger partial charge in [-0.25, -0.2) is 4.85 Å². The lowest BCUT2D eigenvalue weighted by Crippen LogP contribution is -2.52. The van der Waals surface area contributed by atoms with Crippen molar-refractivity contribution in [3.8, 4) is 0 Å². The summed E-state index contributed by atoms with van der Waals surface area (Å²) in [5.74, 6) is -1.06. The third-order valence-corrected chi connectivity index (χ3v) is 4.43. The Labute approximate surface area is 168 Å². The average Bonchev–Trinajstić information content (AvgIpc) is 2.75. The van der Waals surface area contributed by atoms with Gasteiger partial charge in [-0.05, 0) is 35.9 Å². The number of carbonyl (C=O) groups is 2. The Morgan fingerprint density at radius 1 is 0.931 bits per heavy atom. The molecule has 3 aromatic carbocycles. The van der Waals surface area contributed by atoms with Crippen molar-refractivity contribution in [2.24, 2.45) is 0 Å². The van der Waals surface area contributed by atoms with E-state index in [1.165, 1.54) is 6.92 Å². The van der Waals surface area contributed by atoms with Crippen molar-refractivity contribution in [3.05, 3.63) is 83.7 Å². The highest BCUT2D eigenvalue weighted by atomic mass is 16.3. The molecule has 0 fully saturated rings. The summed E-state index contributed by atoms with van der Waals surface area (Å²) in [5, 5.41) is 14.6. The Hall–Kier alpha value is -3.89. The molecule has 7 nitrogen and oxygen atoms in total. The molecular weight excluding hydrogens is 368 g/mol. The molecule has 0 unspecified atom stereocenters. The summed E-state index contributed by atoms with van der Waals surface area (Å²) in [6.45, 7) is 8.78. The SMILES string of the molecule is [C-]#[N+]c1ccc(N[C@@H](C(=O)NNC(=O)c2ccccc2)[C@H](C)O)c2ccccc12. The van der Waals surface area contributed by atoms with Crippen molar-refractivity contribution in [1.29, 1.82) is 0 Å². The summed E-state index contributed by atoms with van der Waals surface area (Å²) in [6.07, 6.45) is -1.04. The lowest BCUT2D eigenvalue weighted by atomic mass is 10.1. The van der Waals surface area contributed by atoms with Gasteiger partial charge in [0.05, 0.1) is 12.7 Å². The van der Waals surface area contributed by atoms with Gasteiger partial charge < -0.3 is 10.4 Å². The van der Waals surface area contributed by atoms with Gasteiger partial charge in [0.2, 0.25) is 0 Å². The van der Waals surface area contributed by atoms with E-state index in [0.29, 0.717) is 16.9 Å². The molecule has 29 heavy (non-hydrogen) atoms. The molecule has 0 saturated heterocycles. The van der Waals surface area contributed by atoms with Crippen molar-refractivity contribution < 1.29 is 14.7 Å². The van der Waals surface area contributed by atoms with Crippen LogP contribution in [0, 0.1) is 6.57 Å². The first-order valence-electron chi connectivity index (χ1n) is 9.00. The van der Waals surface area contributed by atoms with Crippen LogP contribution in [-0.2, 0) is 4.79 Å². The highest BCUT2D eigenvalue weighted by molar-refractivity contribution is 6.03. The van der Waals surface area contributed by atoms with Gasteiger partial charge in [-0.2, -0.15) is 0 Å². The molecular formula is C22H20N4O3. The number of fused-ring (bicyclic) bond motifs is 1. The van der Waals surface area contributed by atoms with E-state index in [0.717, 1.165) is 10.8 Å². The summed E-state index contributed by atoms with van der Waals surface area (Å²) >= 11 is 0. The Bertz CT molecular complexity index is 1070. The van der Waals surface area contributed by atoms with Gasteiger partial charge in [-0.15, -0.1) is 0 Å². The Morgan fingerprint density at radius 3 is 2.24 bits per heavy atom. The molecule has 2 atom stereocenters. The molecule has 0 spiro atoms. The fourth-order valence-electron chi connectivity index (χ4n) is 2.94. The van der Waals surface area contributed by atoms with Crippen LogP contribution in [0.5, 0.6) is 0 Å². The van der Waals surface area contributed by atoms with Gasteiger partial charge in [-0.1, -0.05) is 48.5 Å². The number of benzene rings is 3. The quantitative estimate of drug-likeness (QED) is 0.399. The van der Waals surface area contributed by atoms with Gasteiger partial charge in [0, 0.05) is 11.3 Å². The van der Waals surface area contributed by atoms with Crippen molar-refractivity contribution in [1.82, 2.24) is 10.9 Å². The van der Waals surface area contributed by atoms with Crippen LogP contribution in [0.4, 0.5) is 11.4 Å². The molecule has 0 heterocycles. The normalized spacial score (nSPS) is 12.4. The maximum atomic E-state index is 12.6. The summed E-state index contributed by atoms with van der Waals surface area (Å²) in [4.78, 5) is 28.2. The molecule has 0 aliphatic rings. The number of amides is 2. The molecule has 0 aliphatic heterocycles. The van der Waals surface area contributed by atoms with Crippen LogP contribution < -0.4 is 16.2 Å². The topological polar surface area (TPSA) is 94.8 Å². The predicted molar refractivity (Wildman–Crippen MR) is 111 cm³/mol. The second-order valence-corrected chi connectivity index (χ2v) is 6.46. The zero-order valence-electron chi connectivity index (χ0n) is 15.7. The number of hydrogen-bond donors (Lipinski definition) is 4. The Kier molecular flexibility index (Phi) is 6.07. The molecule has 3 aromatic rings. The van der Waals surface area contributed by atoms with Crippen molar-refractivity contribution >= 4 is 34.0 Å². The zero-order chi connectivity index (χ0) is 20.8. The first-order chi connectivity index (χ1) is 14.0. The summed E-state index contributed by atoms with van der Waals surface area (Å²) in [5.41, 5.74) is 6.19. The summed E-state index contributed by atoms with van der Waals surface area (Å²) < 4.78 is 0.